The molecule has 3 unspecified atom stereocenters. The lowest BCUT2D eigenvalue weighted by atomic mass is 9.68. The molecule has 0 aliphatic heterocycles. The molecule has 1 aliphatic rings. The van der Waals surface area contributed by atoms with Crippen molar-refractivity contribution < 1.29 is 0 Å². The number of allylic oxidation sites excluding steroid dienone is 2. The number of aryl methyl sites for hydroxylation is 3. The Kier molecular flexibility index (Phi) is 6.61. The maximum absolute atomic E-state index is 4.84. The van der Waals surface area contributed by atoms with Gasteiger partial charge >= 0.3 is 0 Å². The van der Waals surface area contributed by atoms with E-state index in [4.69, 9.17) is 4.98 Å². The Hall–Kier alpha value is -3.19. The van der Waals surface area contributed by atoms with Crippen molar-refractivity contribution in [1.29, 1.82) is 0 Å². The largest absolute Gasteiger partial charge is 0.256 e. The van der Waals surface area contributed by atoms with Crippen molar-refractivity contribution >= 4 is 16.3 Å². The van der Waals surface area contributed by atoms with E-state index >= 15 is 0 Å². The lowest BCUT2D eigenvalue weighted by Crippen LogP contribution is -2.23. The van der Waals surface area contributed by atoms with Gasteiger partial charge in [0.05, 0.1) is 5.69 Å². The topological polar surface area (TPSA) is 12.9 Å². The molecule has 1 heteroatoms. The zero-order valence-electron chi connectivity index (χ0n) is 23.8. The van der Waals surface area contributed by atoms with Gasteiger partial charge in [-0.25, -0.2) is 0 Å². The average molecular weight is 488 g/mol. The summed E-state index contributed by atoms with van der Waals surface area (Å²) in [4.78, 5) is 4.84. The van der Waals surface area contributed by atoms with Gasteiger partial charge in [-0.05, 0) is 119 Å². The van der Waals surface area contributed by atoms with Crippen LogP contribution in [0.3, 0.4) is 0 Å². The van der Waals surface area contributed by atoms with Crippen LogP contribution in [0.15, 0.2) is 72.9 Å². The molecule has 0 spiro atoms. The molecule has 1 nitrogen and oxygen atoms in total. The lowest BCUT2D eigenvalue weighted by molar-refractivity contribution is 0.377. The molecule has 1 aromatic heterocycles. The maximum atomic E-state index is 4.84. The molecule has 0 bridgehead atoms. The Balaban J connectivity index is 1.54. The molecule has 37 heavy (non-hydrogen) atoms. The smallest absolute Gasteiger partial charge is 0.0708 e. The van der Waals surface area contributed by atoms with Crippen LogP contribution >= 0.6 is 0 Å². The summed E-state index contributed by atoms with van der Waals surface area (Å²) in [6.07, 6.45) is 5.62. The Bertz CT molecular complexity index is 1470. The quantitative estimate of drug-likeness (QED) is 0.280. The second-order valence-electron chi connectivity index (χ2n) is 12.5. The van der Waals surface area contributed by atoms with Crippen molar-refractivity contribution in [2.24, 2.45) is 11.8 Å². The zero-order chi connectivity index (χ0) is 26.5. The van der Waals surface area contributed by atoms with E-state index in [1.54, 1.807) is 5.56 Å². The van der Waals surface area contributed by atoms with Gasteiger partial charge in [-0.1, -0.05) is 82.7 Å². The Morgan fingerprint density at radius 2 is 1.51 bits per heavy atom. The van der Waals surface area contributed by atoms with Crippen LogP contribution in [0.1, 0.15) is 80.3 Å². The number of nitrogens with zero attached hydrogens (tertiary/aromatic N) is 1. The molecule has 4 aromatic rings. The number of hydrogen-bond acceptors (Lipinski definition) is 1. The summed E-state index contributed by atoms with van der Waals surface area (Å²) in [6, 6.07) is 22.6. The van der Waals surface area contributed by atoms with Crippen molar-refractivity contribution in [3.05, 3.63) is 106 Å². The third-order valence-electron chi connectivity index (χ3n) is 8.35. The lowest BCUT2D eigenvalue weighted by Gasteiger charge is -2.36. The first-order chi connectivity index (χ1) is 17.5. The number of fused-ring (bicyclic) bond motifs is 1. The number of aromatic nitrogens is 1. The molecule has 3 aromatic carbocycles. The van der Waals surface area contributed by atoms with Crippen molar-refractivity contribution in [2.45, 2.75) is 73.1 Å². The van der Waals surface area contributed by atoms with Crippen molar-refractivity contribution in [1.82, 2.24) is 4.98 Å². The molecular weight excluding hydrogens is 446 g/mol. The predicted octanol–water partition coefficient (Wildman–Crippen LogP) is 9.97. The molecule has 1 aliphatic carbocycles. The fraction of sp³-hybridized carbons (Fsp3) is 0.361. The highest BCUT2D eigenvalue weighted by Crippen LogP contribution is 2.46. The minimum Gasteiger partial charge on any atom is -0.256 e. The van der Waals surface area contributed by atoms with E-state index in [-0.39, 0.29) is 5.41 Å². The van der Waals surface area contributed by atoms with Gasteiger partial charge < -0.3 is 0 Å². The van der Waals surface area contributed by atoms with Gasteiger partial charge in [-0.15, -0.1) is 0 Å². The summed E-state index contributed by atoms with van der Waals surface area (Å²) in [7, 11) is 0. The number of pyridine rings is 1. The average Bonchev–Trinajstić information content (AvgIpc) is 2.83. The van der Waals surface area contributed by atoms with E-state index in [0.29, 0.717) is 17.8 Å². The minimum atomic E-state index is 0.0608. The molecule has 1 heterocycles. The van der Waals surface area contributed by atoms with Gasteiger partial charge in [0.15, 0.2) is 0 Å². The van der Waals surface area contributed by atoms with Crippen LogP contribution in [-0.2, 0) is 5.41 Å². The van der Waals surface area contributed by atoms with E-state index in [9.17, 15) is 0 Å². The standard InChI is InChI=1S/C36H41N/c1-22-15-23(2)34(24(3)16-22)35-25(4)17-29(18-26(35)5)27-13-14-37-33(21-27)30-19-28-11-9-10-12-31(28)32(20-30)36(6,7)8/h9-17,19-21,25-26,35H,18H2,1-8H3. The summed E-state index contributed by atoms with van der Waals surface area (Å²) < 4.78 is 0. The third kappa shape index (κ3) is 4.89. The fourth-order valence-corrected chi connectivity index (χ4v) is 6.83. The van der Waals surface area contributed by atoms with Crippen LogP contribution in [0.4, 0.5) is 0 Å². The van der Waals surface area contributed by atoms with E-state index in [1.165, 1.54) is 49.7 Å². The molecule has 0 N–H and O–H groups in total. The summed E-state index contributed by atoms with van der Waals surface area (Å²) in [5.41, 5.74) is 12.3. The second kappa shape index (κ2) is 9.60. The summed E-state index contributed by atoms with van der Waals surface area (Å²) in [6.45, 7) is 18.5. The molecule has 0 amide bonds. The molecule has 3 atom stereocenters. The summed E-state index contributed by atoms with van der Waals surface area (Å²) in [5, 5.41) is 2.61. The number of rotatable bonds is 3. The monoisotopic (exact) mass is 487 g/mol. The first kappa shape index (κ1) is 25.5. The molecule has 0 radical (unpaired) electrons. The van der Waals surface area contributed by atoms with Crippen LogP contribution in [0, 0.1) is 32.6 Å². The van der Waals surface area contributed by atoms with Crippen LogP contribution in [0.25, 0.3) is 27.6 Å². The van der Waals surface area contributed by atoms with Crippen molar-refractivity contribution in [3.63, 3.8) is 0 Å². The highest BCUT2D eigenvalue weighted by molar-refractivity contribution is 5.91. The van der Waals surface area contributed by atoms with Crippen molar-refractivity contribution in [3.8, 4) is 11.3 Å². The number of hydrogen-bond donors (Lipinski definition) is 0. The van der Waals surface area contributed by atoms with Crippen LogP contribution in [0.2, 0.25) is 0 Å². The second-order valence-corrected chi connectivity index (χ2v) is 12.5. The molecule has 5 rings (SSSR count). The number of benzene rings is 3. The van der Waals surface area contributed by atoms with Crippen LogP contribution in [0.5, 0.6) is 0 Å². The van der Waals surface area contributed by atoms with E-state index in [2.05, 4.69) is 122 Å². The molecule has 190 valence electrons. The summed E-state index contributed by atoms with van der Waals surface area (Å²) in [5.74, 6) is 1.63. The maximum Gasteiger partial charge on any atom is 0.0708 e. The van der Waals surface area contributed by atoms with Crippen molar-refractivity contribution in [2.75, 3.05) is 0 Å². The molecule has 0 saturated carbocycles. The Morgan fingerprint density at radius 1 is 0.811 bits per heavy atom. The highest BCUT2D eigenvalue weighted by Gasteiger charge is 2.32. The first-order valence-electron chi connectivity index (χ1n) is 13.8. The van der Waals surface area contributed by atoms with E-state index in [0.717, 1.165) is 12.1 Å². The van der Waals surface area contributed by atoms with Gasteiger partial charge in [0.1, 0.15) is 0 Å². The molecule has 0 saturated heterocycles. The van der Waals surface area contributed by atoms with Gasteiger partial charge in [-0.2, -0.15) is 0 Å². The third-order valence-corrected chi connectivity index (χ3v) is 8.35. The Morgan fingerprint density at radius 3 is 2.19 bits per heavy atom. The van der Waals surface area contributed by atoms with Gasteiger partial charge in [-0.3, -0.25) is 4.98 Å². The predicted molar refractivity (Wildman–Crippen MR) is 160 cm³/mol. The minimum absolute atomic E-state index is 0.0608. The van der Waals surface area contributed by atoms with Crippen LogP contribution < -0.4 is 0 Å². The Labute approximate surface area is 223 Å². The molecular formula is C36H41N. The fourth-order valence-electron chi connectivity index (χ4n) is 6.83. The van der Waals surface area contributed by atoms with Gasteiger partial charge in [0, 0.05) is 11.8 Å². The van der Waals surface area contributed by atoms with Gasteiger partial charge in [0.25, 0.3) is 0 Å². The molecule has 0 fully saturated rings. The SMILES string of the molecule is Cc1cc(C)c(C2C(C)C=C(c3ccnc(-c4cc(C(C)(C)C)c5ccccc5c4)c3)CC2C)c(C)c1. The van der Waals surface area contributed by atoms with E-state index < -0.39 is 0 Å². The highest BCUT2D eigenvalue weighted by atomic mass is 14.7. The normalized spacial score (nSPS) is 20.2. The van der Waals surface area contributed by atoms with Gasteiger partial charge in [0.2, 0.25) is 0 Å². The first-order valence-corrected chi connectivity index (χ1v) is 13.8. The summed E-state index contributed by atoms with van der Waals surface area (Å²) >= 11 is 0. The van der Waals surface area contributed by atoms with E-state index in [1.807, 2.05) is 6.20 Å². The zero-order valence-corrected chi connectivity index (χ0v) is 23.8. The van der Waals surface area contributed by atoms with Crippen LogP contribution in [-0.4, -0.2) is 4.98 Å².